The van der Waals surface area contributed by atoms with Crippen LogP contribution in [0.1, 0.15) is 11.1 Å². The van der Waals surface area contributed by atoms with E-state index in [0.717, 1.165) is 64.5 Å². The minimum absolute atomic E-state index is 0. The van der Waals surface area contributed by atoms with Crippen LogP contribution in [0.25, 0.3) is 0 Å². The zero-order chi connectivity index (χ0) is 18.4. The highest BCUT2D eigenvalue weighted by Gasteiger charge is 2.14. The minimum Gasteiger partial charge on any atom is -0.399 e. The monoisotopic (exact) mass is 357 g/mol. The molecule has 0 radical (unpaired) electrons. The number of rotatable bonds is 8. The molecule has 0 saturated carbocycles. The summed E-state index contributed by atoms with van der Waals surface area (Å²) in [5, 5.41) is 6.97. The number of nitrogens with one attached hydrogen (secondary N) is 2. The summed E-state index contributed by atoms with van der Waals surface area (Å²) in [6.07, 6.45) is 0. The molecule has 5 heteroatoms. The Labute approximate surface area is 159 Å². The predicted octanol–water partition coefficient (Wildman–Crippen LogP) is 3.52. The Morgan fingerprint density at radius 2 is 1.15 bits per heavy atom. The van der Waals surface area contributed by atoms with Crippen molar-refractivity contribution in [3.05, 3.63) is 55.0 Å². The highest BCUT2D eigenvalue weighted by atomic mass is 15.3. The summed E-state index contributed by atoms with van der Waals surface area (Å²) in [6.45, 7) is 8.02. The van der Waals surface area contributed by atoms with Crippen LogP contribution in [0.15, 0.2) is 36.4 Å². The van der Waals surface area contributed by atoms with E-state index < -0.39 is 0 Å². The number of quaternary nitrogens is 1. The van der Waals surface area contributed by atoms with Crippen LogP contribution in [-0.4, -0.2) is 44.8 Å². The molecule has 6 N–H and O–H groups in total. The van der Waals surface area contributed by atoms with Gasteiger partial charge in [0.2, 0.25) is 0 Å². The summed E-state index contributed by atoms with van der Waals surface area (Å²) in [7, 11) is 4.51. The Bertz CT molecular complexity index is 650. The lowest BCUT2D eigenvalue weighted by atomic mass is 10.2. The molecule has 5 nitrogen and oxygen atoms in total. The second-order valence-corrected chi connectivity index (χ2v) is 7.38. The maximum atomic E-state index is 5.86. The molecule has 2 aromatic rings. The number of hydrogen-bond donors (Lipinski definition) is 4. The third-order valence-electron chi connectivity index (χ3n) is 4.63. The largest absolute Gasteiger partial charge is 0.399 e. The molecule has 0 bridgehead atoms. The molecule has 0 spiro atoms. The van der Waals surface area contributed by atoms with Crippen molar-refractivity contribution in [3.63, 3.8) is 0 Å². The van der Waals surface area contributed by atoms with E-state index in [1.165, 1.54) is 0 Å². The van der Waals surface area contributed by atoms with Crippen LogP contribution < -0.4 is 22.1 Å². The molecule has 0 fully saturated rings. The van der Waals surface area contributed by atoms with Crippen molar-refractivity contribution in [2.75, 3.05) is 62.4 Å². The number of nitrogen functional groups attached to an aromatic ring is 2. The smallest absolute Gasteiger partial charge is 0.0958 e. The summed E-state index contributed by atoms with van der Waals surface area (Å²) in [5.41, 5.74) is 17.9. The van der Waals surface area contributed by atoms with E-state index in [1.54, 1.807) is 0 Å². The predicted molar refractivity (Wildman–Crippen MR) is 116 cm³/mol. The number of likely N-dealkylation sites (N-methyl/N-ethyl adjacent to an activating group) is 1. The Morgan fingerprint density at radius 1 is 0.769 bits per heavy atom. The van der Waals surface area contributed by atoms with E-state index in [4.69, 9.17) is 11.5 Å². The van der Waals surface area contributed by atoms with Crippen molar-refractivity contribution < 1.29 is 4.48 Å². The Hall–Kier alpha value is -2.40. The molecule has 0 saturated heterocycles. The molecule has 144 valence electrons. The number of nitrogens with zero attached hydrogens (tertiary/aromatic N) is 1. The fourth-order valence-electron chi connectivity index (χ4n) is 2.69. The van der Waals surface area contributed by atoms with Gasteiger partial charge in [-0.05, 0) is 61.4 Å². The topological polar surface area (TPSA) is 76.1 Å². The first kappa shape index (κ1) is 21.6. The van der Waals surface area contributed by atoms with Gasteiger partial charge in [-0.2, -0.15) is 0 Å². The van der Waals surface area contributed by atoms with Crippen LogP contribution >= 0.6 is 0 Å². The minimum atomic E-state index is 0. The van der Waals surface area contributed by atoms with Crippen LogP contribution in [0.3, 0.4) is 0 Å². The summed E-state index contributed by atoms with van der Waals surface area (Å²) in [5.74, 6) is 0. The normalized spacial score (nSPS) is 10.9. The van der Waals surface area contributed by atoms with Gasteiger partial charge in [-0.15, -0.1) is 0 Å². The molecule has 0 aliphatic rings. The first-order valence-corrected chi connectivity index (χ1v) is 8.79. The van der Waals surface area contributed by atoms with Gasteiger partial charge in [-0.25, -0.2) is 0 Å². The van der Waals surface area contributed by atoms with Gasteiger partial charge in [0.05, 0.1) is 40.3 Å². The lowest BCUT2D eigenvalue weighted by Crippen LogP contribution is -2.46. The zero-order valence-corrected chi connectivity index (χ0v) is 16.9. The second kappa shape index (κ2) is 9.34. The first-order valence-electron chi connectivity index (χ1n) is 8.79. The van der Waals surface area contributed by atoms with Crippen LogP contribution in [-0.2, 0) is 0 Å². The van der Waals surface area contributed by atoms with E-state index in [0.29, 0.717) is 0 Å². The fraction of sp³-hybridized carbons (Fsp3) is 0.381. The average molecular weight is 358 g/mol. The van der Waals surface area contributed by atoms with Crippen molar-refractivity contribution in [1.82, 2.24) is 0 Å². The number of nitrogens with two attached hydrogens (primary N) is 2. The molecule has 2 aromatic carbocycles. The Balaban J connectivity index is 0.00000338. The molecular formula is C21H35N5. The number of hydrogen-bond acceptors (Lipinski definition) is 4. The van der Waals surface area contributed by atoms with E-state index in [-0.39, 0.29) is 7.43 Å². The van der Waals surface area contributed by atoms with Crippen molar-refractivity contribution in [3.8, 4) is 0 Å². The molecule has 2 rings (SSSR count). The average Bonchev–Trinajstić information content (AvgIpc) is 2.54. The SMILES string of the molecule is Cc1cc(NCC[N+](C)(C)CCNc2ccc(N)c(C)c2)ccc1N.[CH3-]. The summed E-state index contributed by atoms with van der Waals surface area (Å²) < 4.78 is 0.946. The van der Waals surface area contributed by atoms with Crippen LogP contribution in [0, 0.1) is 21.3 Å². The number of anilines is 4. The maximum absolute atomic E-state index is 5.86. The third-order valence-corrected chi connectivity index (χ3v) is 4.63. The van der Waals surface area contributed by atoms with Gasteiger partial charge in [0.1, 0.15) is 0 Å². The Morgan fingerprint density at radius 3 is 1.50 bits per heavy atom. The van der Waals surface area contributed by atoms with Crippen LogP contribution in [0.4, 0.5) is 22.7 Å². The number of aryl methyl sites for hydroxylation is 2. The van der Waals surface area contributed by atoms with Gasteiger partial charge in [0.25, 0.3) is 0 Å². The lowest BCUT2D eigenvalue weighted by Gasteiger charge is -2.30. The van der Waals surface area contributed by atoms with Crippen molar-refractivity contribution in [2.45, 2.75) is 13.8 Å². The summed E-state index contributed by atoms with van der Waals surface area (Å²) in [6, 6.07) is 12.2. The van der Waals surface area contributed by atoms with E-state index >= 15 is 0 Å². The van der Waals surface area contributed by atoms with E-state index in [2.05, 4.69) is 36.9 Å². The molecule has 26 heavy (non-hydrogen) atoms. The highest BCUT2D eigenvalue weighted by molar-refractivity contribution is 5.57. The van der Waals surface area contributed by atoms with Crippen molar-refractivity contribution >= 4 is 22.7 Å². The first-order chi connectivity index (χ1) is 11.8. The quantitative estimate of drug-likeness (QED) is 0.331. The summed E-state index contributed by atoms with van der Waals surface area (Å²) in [4.78, 5) is 0. The third kappa shape index (κ3) is 6.48. The van der Waals surface area contributed by atoms with Gasteiger partial charge >= 0.3 is 0 Å². The molecule has 0 unspecified atom stereocenters. The second-order valence-electron chi connectivity index (χ2n) is 7.38. The molecule has 0 aliphatic heterocycles. The van der Waals surface area contributed by atoms with E-state index in [9.17, 15) is 0 Å². The fourth-order valence-corrected chi connectivity index (χ4v) is 2.69. The van der Waals surface area contributed by atoms with E-state index in [1.807, 2.05) is 38.1 Å². The summed E-state index contributed by atoms with van der Waals surface area (Å²) >= 11 is 0. The molecular weight excluding hydrogens is 322 g/mol. The van der Waals surface area contributed by atoms with Crippen molar-refractivity contribution in [1.29, 1.82) is 0 Å². The van der Waals surface area contributed by atoms with Crippen LogP contribution in [0.5, 0.6) is 0 Å². The van der Waals surface area contributed by atoms with Gasteiger partial charge < -0.3 is 34.0 Å². The van der Waals surface area contributed by atoms with Crippen molar-refractivity contribution in [2.24, 2.45) is 0 Å². The van der Waals surface area contributed by atoms with Gasteiger partial charge in [-0.1, -0.05) is 0 Å². The molecule has 0 amide bonds. The highest BCUT2D eigenvalue weighted by Crippen LogP contribution is 2.17. The molecule has 0 aliphatic carbocycles. The lowest BCUT2D eigenvalue weighted by molar-refractivity contribution is -0.886. The Kier molecular flexibility index (Phi) is 7.77. The molecule has 0 atom stereocenters. The standard InChI is InChI=1S/C20H32N5.CH3/c1-15-13-17(5-7-19(15)21)23-9-11-25(3,4)12-10-24-18-6-8-20(22)16(2)14-18;/h5-8,13-14,23-24H,9-12,21-22H2,1-4H3;1H3/q+1;-1. The number of benzene rings is 2. The van der Waals surface area contributed by atoms with Gasteiger partial charge in [0.15, 0.2) is 0 Å². The van der Waals surface area contributed by atoms with Crippen LogP contribution in [0.2, 0.25) is 0 Å². The van der Waals surface area contributed by atoms with Gasteiger partial charge in [0, 0.05) is 22.7 Å². The van der Waals surface area contributed by atoms with Gasteiger partial charge in [-0.3, -0.25) is 0 Å². The molecule has 0 aromatic heterocycles. The maximum Gasteiger partial charge on any atom is 0.0958 e. The molecule has 0 heterocycles. The zero-order valence-electron chi connectivity index (χ0n) is 16.9.